The van der Waals surface area contributed by atoms with Crippen molar-refractivity contribution in [2.24, 2.45) is 7.05 Å². The van der Waals surface area contributed by atoms with Gasteiger partial charge in [-0.1, -0.05) is 0 Å². The number of rotatable bonds is 4. The van der Waals surface area contributed by atoms with Crippen molar-refractivity contribution in [1.82, 2.24) is 29.8 Å². The lowest BCUT2D eigenvalue weighted by Crippen LogP contribution is -2.48. The van der Waals surface area contributed by atoms with Gasteiger partial charge in [-0.3, -0.25) is 19.3 Å². The van der Waals surface area contributed by atoms with Crippen molar-refractivity contribution in [3.05, 3.63) is 46.0 Å². The first kappa shape index (κ1) is 23.4. The van der Waals surface area contributed by atoms with Crippen LogP contribution >= 0.6 is 11.3 Å². The number of nitrogens with zero attached hydrogens (tertiary/aromatic N) is 6. The molecule has 34 heavy (non-hydrogen) atoms. The molecule has 0 fully saturated rings. The predicted molar refractivity (Wildman–Crippen MR) is 120 cm³/mol. The van der Waals surface area contributed by atoms with Crippen LogP contribution in [0.25, 0.3) is 21.8 Å². The van der Waals surface area contributed by atoms with Crippen molar-refractivity contribution < 1.29 is 22.8 Å². The number of pyridine rings is 1. The Bertz CT molecular complexity index is 1410. The van der Waals surface area contributed by atoms with Crippen LogP contribution < -0.4 is 5.73 Å². The average Bonchev–Trinajstić information content (AvgIpc) is 3.40. The Hall–Kier alpha value is -3.74. The molecule has 0 spiro atoms. The maximum Gasteiger partial charge on any atom is 0.443 e. The maximum atomic E-state index is 13.5. The molecular weight excluding hydrogens is 471 g/mol. The van der Waals surface area contributed by atoms with Gasteiger partial charge >= 0.3 is 6.18 Å². The number of hydrazine groups is 1. The third-order valence-electron chi connectivity index (χ3n) is 5.25. The number of carbonyl (C=O) groups excluding carboxylic acids is 2. The van der Waals surface area contributed by atoms with Gasteiger partial charge in [-0.15, -0.1) is 11.3 Å². The van der Waals surface area contributed by atoms with Gasteiger partial charge in [0, 0.05) is 36.8 Å². The van der Waals surface area contributed by atoms with Gasteiger partial charge in [0.1, 0.15) is 5.82 Å². The quantitative estimate of drug-likeness (QED) is 0.437. The van der Waals surface area contributed by atoms with E-state index in [4.69, 9.17) is 5.73 Å². The Morgan fingerprint density at radius 2 is 1.91 bits per heavy atom. The van der Waals surface area contributed by atoms with Gasteiger partial charge in [-0.25, -0.2) is 15.0 Å². The third kappa shape index (κ3) is 4.14. The summed E-state index contributed by atoms with van der Waals surface area (Å²) in [5.41, 5.74) is 7.48. The smallest absolute Gasteiger partial charge is 0.383 e. The van der Waals surface area contributed by atoms with Gasteiger partial charge in [-0.2, -0.15) is 18.3 Å². The first-order valence-corrected chi connectivity index (χ1v) is 11.0. The molecule has 3 heterocycles. The molecule has 1 aromatic carbocycles. The second-order valence-electron chi connectivity index (χ2n) is 7.50. The van der Waals surface area contributed by atoms with Crippen LogP contribution in [0.4, 0.5) is 19.0 Å². The summed E-state index contributed by atoms with van der Waals surface area (Å²) in [4.78, 5) is 33.7. The molecule has 3 aromatic heterocycles. The lowest BCUT2D eigenvalue weighted by atomic mass is 10.1. The van der Waals surface area contributed by atoms with E-state index < -0.39 is 23.0 Å². The number of benzene rings is 1. The summed E-state index contributed by atoms with van der Waals surface area (Å²) in [6.07, 6.45) is -3.02. The highest BCUT2D eigenvalue weighted by Crippen LogP contribution is 2.32. The van der Waals surface area contributed by atoms with Crippen LogP contribution in [0.15, 0.2) is 29.8 Å². The average molecular weight is 491 g/mol. The van der Waals surface area contributed by atoms with Crippen molar-refractivity contribution >= 4 is 50.8 Å². The fourth-order valence-electron chi connectivity index (χ4n) is 3.73. The first-order chi connectivity index (χ1) is 16.0. The first-order valence-electron chi connectivity index (χ1n) is 10.1. The Labute approximate surface area is 195 Å². The van der Waals surface area contributed by atoms with Gasteiger partial charge in [0.25, 0.3) is 5.91 Å². The highest BCUT2D eigenvalue weighted by Gasteiger charge is 2.35. The normalized spacial score (nSPS) is 11.8. The maximum absolute atomic E-state index is 13.5. The molecule has 2 amide bonds. The van der Waals surface area contributed by atoms with E-state index in [-0.39, 0.29) is 24.3 Å². The fraction of sp³-hybridized carbons (Fsp3) is 0.286. The minimum atomic E-state index is -4.59. The molecule has 9 nitrogen and oxygen atoms in total. The molecule has 0 aliphatic carbocycles. The highest BCUT2D eigenvalue weighted by atomic mass is 32.1. The van der Waals surface area contributed by atoms with E-state index in [1.54, 1.807) is 37.0 Å². The Kier molecular flexibility index (Phi) is 5.89. The second kappa shape index (κ2) is 8.56. The molecule has 0 unspecified atom stereocenters. The standard InChI is InChI=1S/C21H20F3N7O2S/c1-4-30(11(2)32)31(9-13-10-34-20(27-13)21(22,23)24)19(33)12-5-6-16-14(7-12)17-15(18(25)28-16)8-26-29(17)3/h5-8,10H,4,9H2,1-3H3,(H2,25,28). The number of hydrogen-bond acceptors (Lipinski definition) is 7. The van der Waals surface area contributed by atoms with Crippen LogP contribution in [0.1, 0.15) is 34.9 Å². The van der Waals surface area contributed by atoms with Crippen LogP contribution in [-0.2, 0) is 24.6 Å². The van der Waals surface area contributed by atoms with E-state index in [2.05, 4.69) is 15.1 Å². The van der Waals surface area contributed by atoms with E-state index in [1.807, 2.05) is 0 Å². The molecule has 0 aliphatic heterocycles. The number of aromatic nitrogens is 4. The summed E-state index contributed by atoms with van der Waals surface area (Å²) in [5.74, 6) is -0.715. The SMILES string of the molecule is CCN(C(C)=O)N(Cc1csc(C(F)(F)F)n1)C(=O)c1ccc2nc(N)c3cnn(C)c3c2c1. The molecule has 0 bridgehead atoms. The molecule has 0 atom stereocenters. The number of nitrogen functional groups attached to an aromatic ring is 1. The summed E-state index contributed by atoms with van der Waals surface area (Å²) in [5, 5.41) is 7.92. The molecule has 0 saturated carbocycles. The monoisotopic (exact) mass is 491 g/mol. The molecule has 0 radical (unpaired) electrons. The second-order valence-corrected chi connectivity index (χ2v) is 8.36. The van der Waals surface area contributed by atoms with E-state index >= 15 is 0 Å². The van der Waals surface area contributed by atoms with Crippen LogP contribution in [0.2, 0.25) is 0 Å². The molecule has 2 N–H and O–H groups in total. The molecular formula is C21H20F3N7O2S. The topological polar surface area (TPSA) is 110 Å². The van der Waals surface area contributed by atoms with E-state index in [9.17, 15) is 22.8 Å². The minimum Gasteiger partial charge on any atom is -0.383 e. The van der Waals surface area contributed by atoms with Crippen LogP contribution in [0, 0.1) is 0 Å². The van der Waals surface area contributed by atoms with Crippen LogP contribution in [0.5, 0.6) is 0 Å². The van der Waals surface area contributed by atoms with Gasteiger partial charge < -0.3 is 5.73 Å². The minimum absolute atomic E-state index is 0.0228. The van der Waals surface area contributed by atoms with Crippen molar-refractivity contribution in [3.63, 3.8) is 0 Å². The summed E-state index contributed by atoms with van der Waals surface area (Å²) in [6.45, 7) is 2.77. The zero-order valence-electron chi connectivity index (χ0n) is 18.4. The predicted octanol–water partition coefficient (Wildman–Crippen LogP) is 3.60. The van der Waals surface area contributed by atoms with Gasteiger partial charge in [0.15, 0.2) is 5.01 Å². The number of amides is 2. The molecule has 4 rings (SSSR count). The zero-order valence-corrected chi connectivity index (χ0v) is 19.2. The number of nitrogens with two attached hydrogens (primary N) is 1. The van der Waals surface area contributed by atoms with Gasteiger partial charge in [-0.05, 0) is 25.1 Å². The number of fused-ring (bicyclic) bond motifs is 3. The van der Waals surface area contributed by atoms with E-state index in [1.165, 1.54) is 23.4 Å². The lowest BCUT2D eigenvalue weighted by molar-refractivity contribution is -0.143. The number of hydrogen-bond donors (Lipinski definition) is 1. The van der Waals surface area contributed by atoms with Crippen LogP contribution in [0.3, 0.4) is 0 Å². The lowest BCUT2D eigenvalue weighted by Gasteiger charge is -2.33. The zero-order chi connectivity index (χ0) is 24.8. The van der Waals surface area contributed by atoms with E-state index in [0.29, 0.717) is 39.0 Å². The summed E-state index contributed by atoms with van der Waals surface area (Å²) < 4.78 is 40.6. The third-order valence-corrected chi connectivity index (χ3v) is 6.19. The van der Waals surface area contributed by atoms with Crippen molar-refractivity contribution in [2.75, 3.05) is 12.3 Å². The molecule has 0 saturated heterocycles. The molecule has 178 valence electrons. The largest absolute Gasteiger partial charge is 0.443 e. The number of aryl methyl sites for hydroxylation is 1. The summed E-state index contributed by atoms with van der Waals surface area (Å²) in [6, 6.07) is 4.76. The molecule has 0 aliphatic rings. The number of alkyl halides is 3. The number of carbonyl (C=O) groups is 2. The van der Waals surface area contributed by atoms with Gasteiger partial charge in [0.2, 0.25) is 5.91 Å². The fourth-order valence-corrected chi connectivity index (χ4v) is 4.41. The van der Waals surface area contributed by atoms with Crippen LogP contribution in [-0.4, -0.2) is 48.1 Å². The Balaban J connectivity index is 1.78. The number of halogens is 3. The van der Waals surface area contributed by atoms with E-state index in [0.717, 1.165) is 5.01 Å². The van der Waals surface area contributed by atoms with Crippen molar-refractivity contribution in [2.45, 2.75) is 26.6 Å². The molecule has 13 heteroatoms. The van der Waals surface area contributed by atoms with Crippen molar-refractivity contribution in [3.8, 4) is 0 Å². The number of thiazole rings is 1. The summed E-state index contributed by atoms with van der Waals surface area (Å²) >= 11 is 0.434. The Morgan fingerprint density at radius 3 is 2.53 bits per heavy atom. The Morgan fingerprint density at radius 1 is 1.18 bits per heavy atom. The molecule has 4 aromatic rings. The number of anilines is 1. The summed E-state index contributed by atoms with van der Waals surface area (Å²) in [7, 11) is 1.73. The van der Waals surface area contributed by atoms with Crippen molar-refractivity contribution in [1.29, 1.82) is 0 Å². The highest BCUT2D eigenvalue weighted by molar-refractivity contribution is 7.09. The van der Waals surface area contributed by atoms with Gasteiger partial charge in [0.05, 0.1) is 34.9 Å².